The molecule has 0 aromatic heterocycles. The van der Waals surface area contributed by atoms with Crippen molar-refractivity contribution >= 4 is 12.0 Å². The smallest absolute Gasteiger partial charge is 0.409 e. The van der Waals surface area contributed by atoms with Gasteiger partial charge in [0.2, 0.25) is 5.91 Å². The monoisotopic (exact) mass is 323 g/mol. The number of hydrogen-bond acceptors (Lipinski definition) is 4. The lowest BCUT2D eigenvalue weighted by Gasteiger charge is -2.34. The summed E-state index contributed by atoms with van der Waals surface area (Å²) >= 11 is 0. The zero-order chi connectivity index (χ0) is 16.1. The van der Waals surface area contributed by atoms with Gasteiger partial charge in [0.25, 0.3) is 0 Å². The zero-order valence-corrected chi connectivity index (χ0v) is 14.0. The lowest BCUT2D eigenvalue weighted by Crippen LogP contribution is -2.47. The maximum absolute atomic E-state index is 12.5. The number of hydrogen-bond donors (Lipinski definition) is 1. The minimum absolute atomic E-state index is 0.108. The van der Waals surface area contributed by atoms with Gasteiger partial charge in [0.15, 0.2) is 0 Å². The lowest BCUT2D eigenvalue weighted by molar-refractivity contribution is -0.127. The van der Waals surface area contributed by atoms with Crippen LogP contribution in [0.15, 0.2) is 0 Å². The fraction of sp³-hybridized carbons (Fsp3) is 0.882. The summed E-state index contributed by atoms with van der Waals surface area (Å²) in [5.74, 6) is 0.346. The van der Waals surface area contributed by atoms with Crippen LogP contribution in [0.4, 0.5) is 4.79 Å². The van der Waals surface area contributed by atoms with Crippen LogP contribution in [0.1, 0.15) is 44.9 Å². The summed E-state index contributed by atoms with van der Waals surface area (Å²) in [6, 6.07) is 0.394. The Labute approximate surface area is 138 Å². The van der Waals surface area contributed by atoms with Gasteiger partial charge in [0, 0.05) is 25.7 Å². The Bertz CT molecular complexity index is 423. The highest BCUT2D eigenvalue weighted by Gasteiger charge is 2.29. The standard InChI is InChI=1S/C17H29N3O3/c21-16(18-15-6-2-1-3-7-15)14-5-4-8-19(13-14)9-10-20-11-12-23-17(20)22/h14-15H,1-13H2,(H,18,21)/t14-/m0/s1. The van der Waals surface area contributed by atoms with Gasteiger partial charge in [0.05, 0.1) is 12.5 Å². The van der Waals surface area contributed by atoms with Gasteiger partial charge in [-0.15, -0.1) is 0 Å². The van der Waals surface area contributed by atoms with Gasteiger partial charge >= 0.3 is 6.09 Å². The van der Waals surface area contributed by atoms with E-state index >= 15 is 0 Å². The third-order valence-electron chi connectivity index (χ3n) is 5.36. The molecule has 1 N–H and O–H groups in total. The summed E-state index contributed by atoms with van der Waals surface area (Å²) < 4.78 is 4.95. The number of ether oxygens (including phenoxy) is 1. The van der Waals surface area contributed by atoms with E-state index in [0.717, 1.165) is 45.3 Å². The van der Waals surface area contributed by atoms with E-state index in [1.54, 1.807) is 4.90 Å². The topological polar surface area (TPSA) is 61.9 Å². The van der Waals surface area contributed by atoms with Gasteiger partial charge in [-0.25, -0.2) is 4.79 Å². The number of rotatable bonds is 5. The Morgan fingerprint density at radius 3 is 2.65 bits per heavy atom. The van der Waals surface area contributed by atoms with E-state index in [9.17, 15) is 9.59 Å². The lowest BCUT2D eigenvalue weighted by atomic mass is 9.93. The van der Waals surface area contributed by atoms with E-state index in [2.05, 4.69) is 10.2 Å². The molecule has 3 aliphatic rings. The molecule has 0 bridgehead atoms. The molecule has 2 amide bonds. The minimum Gasteiger partial charge on any atom is -0.448 e. The van der Waals surface area contributed by atoms with E-state index in [4.69, 9.17) is 4.74 Å². The fourth-order valence-electron chi connectivity index (χ4n) is 3.93. The molecule has 23 heavy (non-hydrogen) atoms. The molecule has 6 heteroatoms. The molecule has 1 saturated carbocycles. The first-order valence-corrected chi connectivity index (χ1v) is 9.17. The molecule has 0 aromatic rings. The maximum atomic E-state index is 12.5. The van der Waals surface area contributed by atoms with Crippen LogP contribution in [-0.2, 0) is 9.53 Å². The van der Waals surface area contributed by atoms with Gasteiger partial charge < -0.3 is 19.9 Å². The van der Waals surface area contributed by atoms with Crippen molar-refractivity contribution in [2.45, 2.75) is 51.0 Å². The van der Waals surface area contributed by atoms with Gasteiger partial charge in [0.1, 0.15) is 6.61 Å². The molecule has 1 aliphatic carbocycles. The molecule has 0 radical (unpaired) electrons. The van der Waals surface area contributed by atoms with Gasteiger partial charge in [-0.1, -0.05) is 19.3 Å². The summed E-state index contributed by atoms with van der Waals surface area (Å²) in [4.78, 5) is 28.0. The van der Waals surface area contributed by atoms with Crippen molar-refractivity contribution in [1.82, 2.24) is 15.1 Å². The van der Waals surface area contributed by atoms with Crippen molar-refractivity contribution < 1.29 is 14.3 Å². The number of nitrogens with one attached hydrogen (secondary N) is 1. The van der Waals surface area contributed by atoms with Crippen LogP contribution in [0.3, 0.4) is 0 Å². The van der Waals surface area contributed by atoms with E-state index in [-0.39, 0.29) is 17.9 Å². The van der Waals surface area contributed by atoms with E-state index < -0.39 is 0 Å². The summed E-state index contributed by atoms with van der Waals surface area (Å²) in [7, 11) is 0. The van der Waals surface area contributed by atoms with Gasteiger partial charge in [-0.05, 0) is 32.2 Å². The van der Waals surface area contributed by atoms with Crippen molar-refractivity contribution in [3.05, 3.63) is 0 Å². The van der Waals surface area contributed by atoms with Gasteiger partial charge in [-0.3, -0.25) is 4.79 Å². The van der Waals surface area contributed by atoms with Crippen LogP contribution < -0.4 is 5.32 Å². The second kappa shape index (κ2) is 7.99. The average molecular weight is 323 g/mol. The normalized spacial score (nSPS) is 27.0. The SMILES string of the molecule is O=C(NC1CCCCC1)[C@H]1CCCN(CCN2CCOC2=O)C1. The molecule has 3 fully saturated rings. The molecular formula is C17H29N3O3. The number of carbonyl (C=O) groups is 2. The number of amides is 2. The molecule has 2 aliphatic heterocycles. The van der Waals surface area contributed by atoms with E-state index in [1.807, 2.05) is 0 Å². The predicted molar refractivity (Wildman–Crippen MR) is 87.1 cm³/mol. The van der Waals surface area contributed by atoms with Gasteiger partial charge in [-0.2, -0.15) is 0 Å². The van der Waals surface area contributed by atoms with Crippen molar-refractivity contribution in [2.75, 3.05) is 39.3 Å². The molecule has 2 saturated heterocycles. The highest BCUT2D eigenvalue weighted by Crippen LogP contribution is 2.20. The summed E-state index contributed by atoms with van der Waals surface area (Å²) in [5.41, 5.74) is 0. The first-order valence-electron chi connectivity index (χ1n) is 9.17. The number of piperidine rings is 1. The van der Waals surface area contributed by atoms with E-state index in [0.29, 0.717) is 25.7 Å². The molecule has 1 atom stereocenters. The number of likely N-dealkylation sites (tertiary alicyclic amines) is 1. The molecular weight excluding hydrogens is 294 g/mol. The Kier molecular flexibility index (Phi) is 5.75. The molecule has 6 nitrogen and oxygen atoms in total. The Hall–Kier alpha value is -1.30. The molecule has 3 rings (SSSR count). The molecule has 0 spiro atoms. The summed E-state index contributed by atoms with van der Waals surface area (Å²) in [5, 5.41) is 3.26. The van der Waals surface area contributed by atoms with Crippen LogP contribution >= 0.6 is 0 Å². The second-order valence-corrected chi connectivity index (χ2v) is 7.08. The largest absolute Gasteiger partial charge is 0.448 e. The Morgan fingerprint density at radius 2 is 1.91 bits per heavy atom. The van der Waals surface area contributed by atoms with Crippen LogP contribution in [0.5, 0.6) is 0 Å². The molecule has 130 valence electrons. The van der Waals surface area contributed by atoms with Crippen LogP contribution in [0.2, 0.25) is 0 Å². The fourth-order valence-corrected chi connectivity index (χ4v) is 3.93. The highest BCUT2D eigenvalue weighted by atomic mass is 16.6. The molecule has 0 aromatic carbocycles. The first-order chi connectivity index (χ1) is 11.2. The zero-order valence-electron chi connectivity index (χ0n) is 14.0. The Morgan fingerprint density at radius 1 is 1.09 bits per heavy atom. The molecule has 0 unspecified atom stereocenters. The highest BCUT2D eigenvalue weighted by molar-refractivity contribution is 5.79. The summed E-state index contributed by atoms with van der Waals surface area (Å²) in [6.07, 6.45) is 7.92. The second-order valence-electron chi connectivity index (χ2n) is 7.08. The third-order valence-corrected chi connectivity index (χ3v) is 5.36. The minimum atomic E-state index is -0.200. The Balaban J connectivity index is 1.41. The van der Waals surface area contributed by atoms with Crippen molar-refractivity contribution in [2.24, 2.45) is 5.92 Å². The van der Waals surface area contributed by atoms with Crippen molar-refractivity contribution in [3.8, 4) is 0 Å². The molecule has 2 heterocycles. The van der Waals surface area contributed by atoms with Crippen LogP contribution in [0.25, 0.3) is 0 Å². The average Bonchev–Trinajstić information content (AvgIpc) is 2.99. The number of carbonyl (C=O) groups excluding carboxylic acids is 2. The first kappa shape index (κ1) is 16.6. The maximum Gasteiger partial charge on any atom is 0.409 e. The van der Waals surface area contributed by atoms with E-state index in [1.165, 1.54) is 19.3 Å². The number of cyclic esters (lactones) is 1. The van der Waals surface area contributed by atoms with Crippen molar-refractivity contribution in [3.63, 3.8) is 0 Å². The number of nitrogens with zero attached hydrogens (tertiary/aromatic N) is 2. The predicted octanol–water partition coefficient (Wildman–Crippen LogP) is 1.60. The quantitative estimate of drug-likeness (QED) is 0.835. The van der Waals surface area contributed by atoms with Crippen LogP contribution in [0, 0.1) is 5.92 Å². The van der Waals surface area contributed by atoms with Crippen LogP contribution in [-0.4, -0.2) is 67.2 Å². The third kappa shape index (κ3) is 4.59. The summed E-state index contributed by atoms with van der Waals surface area (Å²) in [6.45, 7) is 4.58. The van der Waals surface area contributed by atoms with Crippen molar-refractivity contribution in [1.29, 1.82) is 0 Å².